The maximum atomic E-state index is 4.75. The molecule has 4 aromatic heterocycles. The van der Waals surface area contributed by atoms with Gasteiger partial charge in [0.15, 0.2) is 0 Å². The molecule has 8 heteroatoms. The number of aromatic amines is 4. The van der Waals surface area contributed by atoms with E-state index in [1.807, 2.05) is 48.8 Å². The van der Waals surface area contributed by atoms with E-state index in [2.05, 4.69) is 29.9 Å². The zero-order chi connectivity index (χ0) is 19.9. The Labute approximate surface area is 170 Å². The average molecular weight is 394 g/mol. The molecule has 0 bridgehead atoms. The summed E-state index contributed by atoms with van der Waals surface area (Å²) in [6, 6.07) is 12.3. The summed E-state index contributed by atoms with van der Waals surface area (Å²) in [7, 11) is 0. The van der Waals surface area contributed by atoms with Crippen LogP contribution in [0.4, 0.5) is 0 Å². The van der Waals surface area contributed by atoms with Gasteiger partial charge in [0.05, 0.1) is 22.1 Å². The highest BCUT2D eigenvalue weighted by Crippen LogP contribution is 2.22. The second kappa shape index (κ2) is 6.70. The Morgan fingerprint density at radius 1 is 0.633 bits per heavy atom. The molecule has 4 N–H and O–H groups in total. The number of hydrogen-bond donors (Lipinski definition) is 4. The monoisotopic (exact) mass is 394 g/mol. The van der Waals surface area contributed by atoms with Crippen molar-refractivity contribution in [2.75, 3.05) is 0 Å². The van der Waals surface area contributed by atoms with Gasteiger partial charge in [0.2, 0.25) is 0 Å². The van der Waals surface area contributed by atoms with E-state index in [1.54, 1.807) is 12.4 Å². The van der Waals surface area contributed by atoms with Gasteiger partial charge >= 0.3 is 0 Å². The summed E-state index contributed by atoms with van der Waals surface area (Å²) in [5.74, 6) is 3.58. The van der Waals surface area contributed by atoms with E-state index in [1.165, 1.54) is 0 Å². The van der Waals surface area contributed by atoms with E-state index in [0.29, 0.717) is 0 Å². The lowest BCUT2D eigenvalue weighted by Gasteiger charge is -1.95. The molecule has 2 aromatic carbocycles. The van der Waals surface area contributed by atoms with Crippen LogP contribution in [-0.4, -0.2) is 39.9 Å². The first-order valence-electron chi connectivity index (χ1n) is 9.79. The first-order chi connectivity index (χ1) is 14.8. The molecule has 0 amide bonds. The Kier molecular flexibility index (Phi) is 3.73. The molecule has 4 heterocycles. The quantitative estimate of drug-likeness (QED) is 0.354. The van der Waals surface area contributed by atoms with E-state index in [9.17, 15) is 0 Å². The Hall–Kier alpha value is -4.20. The molecule has 0 unspecified atom stereocenters. The molecular formula is C22H18N8. The van der Waals surface area contributed by atoms with Crippen LogP contribution in [0.25, 0.3) is 44.8 Å². The second-order valence-electron chi connectivity index (χ2n) is 7.21. The predicted octanol–water partition coefficient (Wildman–Crippen LogP) is 4.00. The van der Waals surface area contributed by atoms with E-state index in [4.69, 9.17) is 9.97 Å². The van der Waals surface area contributed by atoms with Crippen LogP contribution in [0.5, 0.6) is 0 Å². The van der Waals surface area contributed by atoms with Crippen molar-refractivity contribution in [1.82, 2.24) is 39.9 Å². The summed E-state index contributed by atoms with van der Waals surface area (Å²) >= 11 is 0. The molecule has 0 radical (unpaired) electrons. The second-order valence-corrected chi connectivity index (χ2v) is 7.21. The van der Waals surface area contributed by atoms with Crippen LogP contribution in [0.2, 0.25) is 0 Å². The molecule has 30 heavy (non-hydrogen) atoms. The van der Waals surface area contributed by atoms with Crippen LogP contribution in [0, 0.1) is 0 Å². The summed E-state index contributed by atoms with van der Waals surface area (Å²) in [6.07, 6.45) is 8.69. The predicted molar refractivity (Wildman–Crippen MR) is 115 cm³/mol. The van der Waals surface area contributed by atoms with Crippen LogP contribution in [0.1, 0.15) is 11.6 Å². The lowest BCUT2D eigenvalue weighted by molar-refractivity contribution is 0.844. The van der Waals surface area contributed by atoms with Gasteiger partial charge in [-0.3, -0.25) is 0 Å². The topological polar surface area (TPSA) is 115 Å². The summed E-state index contributed by atoms with van der Waals surface area (Å²) in [5.41, 5.74) is 5.96. The van der Waals surface area contributed by atoms with Gasteiger partial charge in [-0.1, -0.05) is 0 Å². The number of nitrogens with zero attached hydrogens (tertiary/aromatic N) is 4. The molecule has 146 valence electrons. The van der Waals surface area contributed by atoms with E-state index in [-0.39, 0.29) is 0 Å². The van der Waals surface area contributed by atoms with Crippen molar-refractivity contribution in [2.24, 2.45) is 0 Å². The lowest BCUT2D eigenvalue weighted by Crippen LogP contribution is -1.95. The van der Waals surface area contributed by atoms with Gasteiger partial charge in [0.1, 0.15) is 23.3 Å². The SMILES string of the molecule is c1c[nH]c(-c2ccc3[nH]c(CCc4nc5cc(-c6ncc[nH]6)ccc5[nH]4)nc3c2)n1. The van der Waals surface area contributed by atoms with Crippen molar-refractivity contribution >= 4 is 22.1 Å². The normalized spacial score (nSPS) is 11.6. The molecule has 0 atom stereocenters. The van der Waals surface area contributed by atoms with Gasteiger partial charge < -0.3 is 19.9 Å². The van der Waals surface area contributed by atoms with E-state index >= 15 is 0 Å². The molecule has 8 nitrogen and oxygen atoms in total. The van der Waals surface area contributed by atoms with Gasteiger partial charge in [0, 0.05) is 48.8 Å². The number of nitrogens with one attached hydrogen (secondary N) is 4. The first kappa shape index (κ1) is 16.7. The molecule has 0 saturated heterocycles. The number of H-pyrrole nitrogens is 4. The van der Waals surface area contributed by atoms with Gasteiger partial charge in [-0.25, -0.2) is 19.9 Å². The molecule has 6 aromatic rings. The number of aromatic nitrogens is 8. The third kappa shape index (κ3) is 2.95. The molecular weight excluding hydrogens is 376 g/mol. The van der Waals surface area contributed by atoms with Crippen LogP contribution >= 0.6 is 0 Å². The van der Waals surface area contributed by atoms with Crippen molar-refractivity contribution in [2.45, 2.75) is 12.8 Å². The largest absolute Gasteiger partial charge is 0.345 e. The number of aryl methyl sites for hydroxylation is 2. The lowest BCUT2D eigenvalue weighted by atomic mass is 10.2. The van der Waals surface area contributed by atoms with Crippen molar-refractivity contribution in [3.05, 3.63) is 72.8 Å². The highest BCUT2D eigenvalue weighted by atomic mass is 14.9. The number of hydrogen-bond acceptors (Lipinski definition) is 4. The third-order valence-electron chi connectivity index (χ3n) is 5.21. The summed E-state index contributed by atoms with van der Waals surface area (Å²) < 4.78 is 0. The number of rotatable bonds is 5. The van der Waals surface area contributed by atoms with Crippen molar-refractivity contribution in [3.8, 4) is 22.8 Å². The van der Waals surface area contributed by atoms with Gasteiger partial charge in [-0.15, -0.1) is 0 Å². The Morgan fingerprint density at radius 3 is 1.57 bits per heavy atom. The molecule has 0 spiro atoms. The summed E-state index contributed by atoms with van der Waals surface area (Å²) in [4.78, 5) is 31.2. The molecule has 6 rings (SSSR count). The average Bonchev–Trinajstić information content (AvgIpc) is 3.56. The molecule has 0 aliphatic rings. The van der Waals surface area contributed by atoms with Crippen molar-refractivity contribution in [1.29, 1.82) is 0 Å². The number of benzene rings is 2. The minimum Gasteiger partial charge on any atom is -0.345 e. The van der Waals surface area contributed by atoms with Crippen LogP contribution < -0.4 is 0 Å². The highest BCUT2D eigenvalue weighted by molar-refractivity contribution is 5.81. The maximum absolute atomic E-state index is 4.75. The number of fused-ring (bicyclic) bond motifs is 2. The fourth-order valence-corrected chi connectivity index (χ4v) is 3.73. The standard InChI is InChI=1S/C22H18N8/c1-3-15-17(11-13(1)21-23-7-8-24-21)29-19(27-15)5-6-20-28-16-4-2-14(12-18(16)30-20)22-25-9-10-26-22/h1-4,7-12H,5-6H2,(H,23,24)(H,25,26)(H,27,29)(H,28,30). The molecule has 0 aliphatic carbocycles. The maximum Gasteiger partial charge on any atom is 0.137 e. The van der Waals surface area contributed by atoms with Gasteiger partial charge in [0.25, 0.3) is 0 Å². The molecule has 0 saturated carbocycles. The van der Waals surface area contributed by atoms with Crippen LogP contribution in [0.15, 0.2) is 61.2 Å². The highest BCUT2D eigenvalue weighted by Gasteiger charge is 2.09. The summed E-state index contributed by atoms with van der Waals surface area (Å²) in [5, 5.41) is 0. The molecule has 0 fully saturated rings. The van der Waals surface area contributed by atoms with E-state index < -0.39 is 0 Å². The Morgan fingerprint density at radius 2 is 1.13 bits per heavy atom. The van der Waals surface area contributed by atoms with Gasteiger partial charge in [-0.05, 0) is 36.4 Å². The first-order valence-corrected chi connectivity index (χ1v) is 9.79. The zero-order valence-corrected chi connectivity index (χ0v) is 16.0. The summed E-state index contributed by atoms with van der Waals surface area (Å²) in [6.45, 7) is 0. The molecule has 0 aliphatic heterocycles. The Balaban J connectivity index is 1.23. The minimum atomic E-state index is 0.773. The zero-order valence-electron chi connectivity index (χ0n) is 16.0. The fraction of sp³-hybridized carbons (Fsp3) is 0.0909. The van der Waals surface area contributed by atoms with E-state index in [0.717, 1.165) is 69.3 Å². The fourth-order valence-electron chi connectivity index (χ4n) is 3.73. The smallest absolute Gasteiger partial charge is 0.137 e. The van der Waals surface area contributed by atoms with Crippen LogP contribution in [-0.2, 0) is 12.8 Å². The third-order valence-corrected chi connectivity index (χ3v) is 5.21. The van der Waals surface area contributed by atoms with Crippen molar-refractivity contribution < 1.29 is 0 Å². The minimum absolute atomic E-state index is 0.773. The van der Waals surface area contributed by atoms with Crippen LogP contribution in [0.3, 0.4) is 0 Å². The van der Waals surface area contributed by atoms with Crippen molar-refractivity contribution in [3.63, 3.8) is 0 Å². The Bertz CT molecular complexity index is 1330. The van der Waals surface area contributed by atoms with Gasteiger partial charge in [-0.2, -0.15) is 0 Å². The number of imidazole rings is 4.